The molecule has 0 aromatic heterocycles. The van der Waals surface area contributed by atoms with Crippen LogP contribution in [-0.2, 0) is 9.47 Å². The Balaban J connectivity index is 1.93. The van der Waals surface area contributed by atoms with Crippen molar-refractivity contribution in [2.24, 2.45) is 5.41 Å². The summed E-state index contributed by atoms with van der Waals surface area (Å²) in [4.78, 5) is 0. The Bertz CT molecular complexity index is 184. The second kappa shape index (κ2) is 3.82. The van der Waals surface area contributed by atoms with Crippen molar-refractivity contribution in [2.75, 3.05) is 13.2 Å². The summed E-state index contributed by atoms with van der Waals surface area (Å²) in [5, 5.41) is 0. The van der Waals surface area contributed by atoms with E-state index < -0.39 is 0 Å². The predicted molar refractivity (Wildman–Crippen MR) is 56.1 cm³/mol. The third kappa shape index (κ3) is 1.96. The van der Waals surface area contributed by atoms with Gasteiger partial charge in [-0.25, -0.2) is 0 Å². The van der Waals surface area contributed by atoms with Crippen LogP contribution in [0.5, 0.6) is 0 Å². The van der Waals surface area contributed by atoms with Crippen molar-refractivity contribution in [2.45, 2.75) is 58.2 Å². The fourth-order valence-corrected chi connectivity index (χ4v) is 2.28. The Hall–Kier alpha value is -0.0800. The lowest BCUT2D eigenvalue weighted by Gasteiger charge is -2.46. The lowest BCUT2D eigenvalue weighted by Crippen LogP contribution is -2.49. The van der Waals surface area contributed by atoms with E-state index in [0.29, 0.717) is 0 Å². The predicted octanol–water partition coefficient (Wildman–Crippen LogP) is 3.11. The van der Waals surface area contributed by atoms with Crippen LogP contribution in [0.4, 0.5) is 0 Å². The summed E-state index contributed by atoms with van der Waals surface area (Å²) in [6.45, 7) is 6.22. The van der Waals surface area contributed by atoms with Crippen molar-refractivity contribution in [3.8, 4) is 0 Å². The quantitative estimate of drug-likeness (QED) is 0.644. The van der Waals surface area contributed by atoms with Crippen LogP contribution in [0.15, 0.2) is 0 Å². The van der Waals surface area contributed by atoms with E-state index in [2.05, 4.69) is 13.8 Å². The van der Waals surface area contributed by atoms with Gasteiger partial charge in [-0.05, 0) is 19.3 Å². The van der Waals surface area contributed by atoms with E-state index in [1.807, 2.05) is 0 Å². The minimum atomic E-state index is -0.188. The molecule has 0 amide bonds. The number of ether oxygens (including phenoxy) is 2. The fourth-order valence-electron chi connectivity index (χ4n) is 2.28. The highest BCUT2D eigenvalue weighted by Gasteiger charge is 2.42. The third-order valence-corrected chi connectivity index (χ3v) is 3.84. The van der Waals surface area contributed by atoms with Gasteiger partial charge in [0.15, 0.2) is 5.79 Å². The van der Waals surface area contributed by atoms with Gasteiger partial charge in [0.05, 0.1) is 13.2 Å². The van der Waals surface area contributed by atoms with Crippen molar-refractivity contribution in [3.63, 3.8) is 0 Å². The fraction of sp³-hybridized carbons (Fsp3) is 1.00. The Morgan fingerprint density at radius 3 is 2.07 bits per heavy atom. The summed E-state index contributed by atoms with van der Waals surface area (Å²) in [5.41, 5.74) is 0.253. The summed E-state index contributed by atoms with van der Waals surface area (Å²) in [7, 11) is 0. The zero-order valence-electron chi connectivity index (χ0n) is 9.47. The Kier molecular flexibility index (Phi) is 2.85. The van der Waals surface area contributed by atoms with Crippen LogP contribution in [0.2, 0.25) is 0 Å². The molecule has 2 aliphatic rings. The van der Waals surface area contributed by atoms with Crippen LogP contribution in [0.25, 0.3) is 0 Å². The summed E-state index contributed by atoms with van der Waals surface area (Å²) in [6, 6.07) is 0. The first kappa shape index (κ1) is 10.4. The molecule has 1 saturated carbocycles. The van der Waals surface area contributed by atoms with Gasteiger partial charge in [0, 0.05) is 18.3 Å². The van der Waals surface area contributed by atoms with E-state index in [-0.39, 0.29) is 11.2 Å². The number of hydrogen-bond acceptors (Lipinski definition) is 2. The molecule has 2 fully saturated rings. The van der Waals surface area contributed by atoms with Gasteiger partial charge in [-0.2, -0.15) is 0 Å². The van der Waals surface area contributed by atoms with Crippen molar-refractivity contribution in [1.29, 1.82) is 0 Å². The second-order valence-electron chi connectivity index (χ2n) is 5.21. The van der Waals surface area contributed by atoms with Crippen molar-refractivity contribution in [1.82, 2.24) is 0 Å². The molecule has 2 nitrogen and oxygen atoms in total. The Labute approximate surface area is 87.0 Å². The maximum Gasteiger partial charge on any atom is 0.168 e. The normalized spacial score (nSPS) is 30.4. The van der Waals surface area contributed by atoms with E-state index in [1.54, 1.807) is 0 Å². The van der Waals surface area contributed by atoms with Crippen LogP contribution < -0.4 is 0 Å². The standard InChI is InChI=1S/C12H22O2/c1-3-11(2)9-13-12(14-10-11)7-5-4-6-8-12/h3-10H2,1-2H3. The van der Waals surface area contributed by atoms with Crippen LogP contribution in [0, 0.1) is 5.41 Å². The van der Waals surface area contributed by atoms with Gasteiger partial charge in [0.25, 0.3) is 0 Å². The smallest absolute Gasteiger partial charge is 0.168 e. The maximum atomic E-state index is 5.99. The molecule has 2 heteroatoms. The minimum Gasteiger partial charge on any atom is -0.349 e. The second-order valence-corrected chi connectivity index (χ2v) is 5.21. The van der Waals surface area contributed by atoms with Gasteiger partial charge in [0.1, 0.15) is 0 Å². The van der Waals surface area contributed by atoms with Gasteiger partial charge in [-0.15, -0.1) is 0 Å². The third-order valence-electron chi connectivity index (χ3n) is 3.84. The molecule has 1 spiro atoms. The van der Waals surface area contributed by atoms with E-state index in [1.165, 1.54) is 19.3 Å². The molecular weight excluding hydrogens is 176 g/mol. The number of rotatable bonds is 1. The van der Waals surface area contributed by atoms with E-state index in [0.717, 1.165) is 32.5 Å². The highest BCUT2D eigenvalue weighted by molar-refractivity contribution is 4.84. The molecule has 1 heterocycles. The van der Waals surface area contributed by atoms with Crippen molar-refractivity contribution >= 4 is 0 Å². The lowest BCUT2D eigenvalue weighted by molar-refractivity contribution is -0.312. The minimum absolute atomic E-state index is 0.188. The van der Waals surface area contributed by atoms with Crippen LogP contribution >= 0.6 is 0 Å². The topological polar surface area (TPSA) is 18.5 Å². The maximum absolute atomic E-state index is 5.99. The Morgan fingerprint density at radius 2 is 1.57 bits per heavy atom. The zero-order valence-corrected chi connectivity index (χ0v) is 9.47. The summed E-state index contributed by atoms with van der Waals surface area (Å²) < 4.78 is 12.0. The van der Waals surface area contributed by atoms with Gasteiger partial charge < -0.3 is 9.47 Å². The van der Waals surface area contributed by atoms with E-state index >= 15 is 0 Å². The van der Waals surface area contributed by atoms with Gasteiger partial charge in [-0.1, -0.05) is 20.3 Å². The number of hydrogen-bond donors (Lipinski definition) is 0. The lowest BCUT2D eigenvalue weighted by atomic mass is 9.86. The molecule has 0 aromatic rings. The zero-order chi connectivity index (χ0) is 10.1. The average molecular weight is 198 g/mol. The molecule has 82 valence electrons. The SMILES string of the molecule is CCC1(C)COC2(CCCCC2)OC1. The van der Waals surface area contributed by atoms with Crippen LogP contribution in [-0.4, -0.2) is 19.0 Å². The van der Waals surface area contributed by atoms with Gasteiger partial charge in [-0.3, -0.25) is 0 Å². The first-order valence-corrected chi connectivity index (χ1v) is 5.96. The summed E-state index contributed by atoms with van der Waals surface area (Å²) in [5.74, 6) is -0.188. The van der Waals surface area contributed by atoms with Crippen LogP contribution in [0.1, 0.15) is 52.4 Å². The summed E-state index contributed by atoms with van der Waals surface area (Å²) >= 11 is 0. The highest BCUT2D eigenvalue weighted by atomic mass is 16.7. The average Bonchev–Trinajstić information content (AvgIpc) is 2.25. The van der Waals surface area contributed by atoms with Gasteiger partial charge >= 0.3 is 0 Å². The molecular formula is C12H22O2. The van der Waals surface area contributed by atoms with Crippen molar-refractivity contribution < 1.29 is 9.47 Å². The molecule has 14 heavy (non-hydrogen) atoms. The van der Waals surface area contributed by atoms with Crippen molar-refractivity contribution in [3.05, 3.63) is 0 Å². The van der Waals surface area contributed by atoms with Gasteiger partial charge in [0.2, 0.25) is 0 Å². The molecule has 0 unspecified atom stereocenters. The molecule has 1 saturated heterocycles. The highest BCUT2D eigenvalue weighted by Crippen LogP contribution is 2.40. The first-order valence-electron chi connectivity index (χ1n) is 5.96. The largest absolute Gasteiger partial charge is 0.349 e. The van der Waals surface area contributed by atoms with E-state index in [9.17, 15) is 0 Å². The molecule has 2 rings (SSSR count). The van der Waals surface area contributed by atoms with E-state index in [4.69, 9.17) is 9.47 Å². The molecule has 0 atom stereocenters. The molecule has 0 aromatic carbocycles. The molecule has 0 N–H and O–H groups in total. The monoisotopic (exact) mass is 198 g/mol. The molecule has 1 aliphatic carbocycles. The molecule has 1 aliphatic heterocycles. The summed E-state index contributed by atoms with van der Waals surface area (Å²) in [6.07, 6.45) is 7.23. The molecule has 0 bridgehead atoms. The van der Waals surface area contributed by atoms with Crippen LogP contribution in [0.3, 0.4) is 0 Å². The molecule has 0 radical (unpaired) electrons. The first-order chi connectivity index (χ1) is 6.68. The Morgan fingerprint density at radius 1 is 1.00 bits per heavy atom.